The number of urea groups is 1. The number of benzene rings is 1. The summed E-state index contributed by atoms with van der Waals surface area (Å²) in [7, 11) is 1.53. The van der Waals surface area contributed by atoms with E-state index >= 15 is 0 Å². The fourth-order valence-corrected chi connectivity index (χ4v) is 1.25. The van der Waals surface area contributed by atoms with Crippen molar-refractivity contribution in [3.63, 3.8) is 0 Å². The Morgan fingerprint density at radius 2 is 1.82 bits per heavy atom. The number of thiocarbonyl (C=S) groups is 1. The quantitative estimate of drug-likeness (QED) is 0.664. The number of hydrogen-bond acceptors (Lipinski definition) is 4. The van der Waals surface area contributed by atoms with E-state index in [1.165, 1.54) is 7.11 Å². The zero-order valence-electron chi connectivity index (χ0n) is 9.02. The van der Waals surface area contributed by atoms with Crippen molar-refractivity contribution in [3.8, 4) is 5.75 Å². The van der Waals surface area contributed by atoms with Crippen LogP contribution in [-0.2, 0) is 0 Å². The van der Waals surface area contributed by atoms with Gasteiger partial charge in [-0.2, -0.15) is 0 Å². The van der Waals surface area contributed by atoms with Crippen molar-refractivity contribution in [3.05, 3.63) is 29.8 Å². The molecule has 7 heteroatoms. The second kappa shape index (κ2) is 5.80. The van der Waals surface area contributed by atoms with Crippen LogP contribution >= 0.6 is 12.2 Å². The smallest absolute Gasteiger partial charge is 0.318 e. The van der Waals surface area contributed by atoms with Gasteiger partial charge in [0.15, 0.2) is 5.11 Å². The predicted octanol–water partition coefficient (Wildman–Crippen LogP) is 0.378. The molecule has 0 bridgehead atoms. The molecule has 0 atom stereocenters. The third-order valence-electron chi connectivity index (χ3n) is 1.82. The molecule has 0 saturated heterocycles. The number of primary amides is 1. The third kappa shape index (κ3) is 4.07. The molecule has 0 fully saturated rings. The lowest BCUT2D eigenvalue weighted by Crippen LogP contribution is -2.44. The van der Waals surface area contributed by atoms with Gasteiger partial charge in [-0.25, -0.2) is 4.79 Å². The lowest BCUT2D eigenvalue weighted by Gasteiger charge is -2.06. The lowest BCUT2D eigenvalue weighted by molar-refractivity contribution is 0.0977. The van der Waals surface area contributed by atoms with Crippen LogP contribution in [0.1, 0.15) is 10.4 Å². The van der Waals surface area contributed by atoms with Crippen molar-refractivity contribution >= 4 is 29.3 Å². The number of nitrogens with one attached hydrogen (secondary N) is 2. The van der Waals surface area contributed by atoms with Crippen LogP contribution in [0.4, 0.5) is 4.79 Å². The summed E-state index contributed by atoms with van der Waals surface area (Å²) in [5, 5.41) is 4.24. The molecule has 17 heavy (non-hydrogen) atoms. The summed E-state index contributed by atoms with van der Waals surface area (Å²) < 4.78 is 4.95. The minimum atomic E-state index is -0.829. The van der Waals surface area contributed by atoms with Crippen LogP contribution in [0.15, 0.2) is 24.3 Å². The highest BCUT2D eigenvalue weighted by Gasteiger charge is 2.08. The number of nitrogens with two attached hydrogens (primary N) is 1. The Hall–Kier alpha value is -2.15. The molecule has 0 unspecified atom stereocenters. The molecule has 0 radical (unpaired) electrons. The zero-order valence-corrected chi connectivity index (χ0v) is 9.84. The standard InChI is InChI=1S/C10H11N3O3S/c1-16-7-4-2-6(3-5-7)8(14)12-10(17)13-9(11)15/h2-5H,1H3,(H4,11,12,13,14,15,17). The van der Waals surface area contributed by atoms with Crippen molar-refractivity contribution in [1.29, 1.82) is 0 Å². The van der Waals surface area contributed by atoms with E-state index in [9.17, 15) is 9.59 Å². The van der Waals surface area contributed by atoms with Crippen molar-refractivity contribution in [1.82, 2.24) is 10.6 Å². The van der Waals surface area contributed by atoms with E-state index < -0.39 is 11.9 Å². The normalized spacial score (nSPS) is 9.24. The predicted molar refractivity (Wildman–Crippen MR) is 65.8 cm³/mol. The van der Waals surface area contributed by atoms with Gasteiger partial charge < -0.3 is 10.5 Å². The Kier molecular flexibility index (Phi) is 4.41. The molecule has 1 rings (SSSR count). The number of hydrogen-bond donors (Lipinski definition) is 3. The minimum Gasteiger partial charge on any atom is -0.497 e. The summed E-state index contributed by atoms with van der Waals surface area (Å²) in [6.07, 6.45) is 0. The van der Waals surface area contributed by atoms with Gasteiger partial charge in [0.2, 0.25) is 0 Å². The molecule has 0 heterocycles. The van der Waals surface area contributed by atoms with Gasteiger partial charge in [-0.15, -0.1) is 0 Å². The fourth-order valence-electron chi connectivity index (χ4n) is 1.06. The van der Waals surface area contributed by atoms with Crippen LogP contribution in [0.25, 0.3) is 0 Å². The molecule has 0 spiro atoms. The summed E-state index contributed by atoms with van der Waals surface area (Å²) in [5.74, 6) is 0.200. The topological polar surface area (TPSA) is 93.4 Å². The van der Waals surface area contributed by atoms with Crippen LogP contribution in [0.5, 0.6) is 5.75 Å². The number of ether oxygens (including phenoxy) is 1. The summed E-state index contributed by atoms with van der Waals surface area (Å²) in [6, 6.07) is 5.59. The number of rotatable bonds is 2. The number of amides is 3. The van der Waals surface area contributed by atoms with Crippen LogP contribution < -0.4 is 21.1 Å². The second-order valence-electron chi connectivity index (χ2n) is 3.00. The van der Waals surface area contributed by atoms with E-state index in [0.717, 1.165) is 0 Å². The molecule has 0 aliphatic rings. The summed E-state index contributed by atoms with van der Waals surface area (Å²) in [5.41, 5.74) is 5.23. The highest BCUT2D eigenvalue weighted by atomic mass is 32.1. The largest absolute Gasteiger partial charge is 0.497 e. The molecule has 3 amide bonds. The molecule has 6 nitrogen and oxygen atoms in total. The maximum Gasteiger partial charge on any atom is 0.318 e. The maximum absolute atomic E-state index is 11.6. The summed E-state index contributed by atoms with van der Waals surface area (Å²) >= 11 is 4.69. The number of methoxy groups -OCH3 is 1. The van der Waals surface area contributed by atoms with E-state index in [-0.39, 0.29) is 5.11 Å². The first-order valence-corrected chi connectivity index (χ1v) is 4.99. The first kappa shape index (κ1) is 12.9. The highest BCUT2D eigenvalue weighted by Crippen LogP contribution is 2.10. The monoisotopic (exact) mass is 253 g/mol. The van der Waals surface area contributed by atoms with Gasteiger partial charge in [0.05, 0.1) is 7.11 Å². The molecular weight excluding hydrogens is 242 g/mol. The van der Waals surface area contributed by atoms with Gasteiger partial charge in [-0.3, -0.25) is 15.4 Å². The average Bonchev–Trinajstić information content (AvgIpc) is 2.28. The Morgan fingerprint density at radius 1 is 1.24 bits per heavy atom. The van der Waals surface area contributed by atoms with Gasteiger partial charge in [0.25, 0.3) is 5.91 Å². The third-order valence-corrected chi connectivity index (χ3v) is 2.02. The molecule has 4 N–H and O–H groups in total. The summed E-state index contributed by atoms with van der Waals surface area (Å²) in [4.78, 5) is 22.1. The van der Waals surface area contributed by atoms with Gasteiger partial charge in [0.1, 0.15) is 5.75 Å². The molecule has 1 aromatic rings. The zero-order chi connectivity index (χ0) is 12.8. The van der Waals surface area contributed by atoms with Crippen LogP contribution in [0, 0.1) is 0 Å². The van der Waals surface area contributed by atoms with E-state index in [4.69, 9.17) is 10.5 Å². The Labute approximate surface area is 103 Å². The highest BCUT2D eigenvalue weighted by molar-refractivity contribution is 7.80. The first-order chi connectivity index (χ1) is 8.02. The van der Waals surface area contributed by atoms with Crippen LogP contribution in [0.3, 0.4) is 0 Å². The van der Waals surface area contributed by atoms with Gasteiger partial charge >= 0.3 is 6.03 Å². The van der Waals surface area contributed by atoms with E-state index in [2.05, 4.69) is 22.9 Å². The molecule has 90 valence electrons. The molecule has 0 aliphatic heterocycles. The maximum atomic E-state index is 11.6. The van der Waals surface area contributed by atoms with Crippen LogP contribution in [-0.4, -0.2) is 24.2 Å². The van der Waals surface area contributed by atoms with Crippen molar-refractivity contribution in [2.75, 3.05) is 7.11 Å². The number of carbonyl (C=O) groups excluding carboxylic acids is 2. The van der Waals surface area contributed by atoms with E-state index in [0.29, 0.717) is 11.3 Å². The van der Waals surface area contributed by atoms with Gasteiger partial charge in [0, 0.05) is 5.56 Å². The second-order valence-corrected chi connectivity index (χ2v) is 3.41. The molecule has 0 aromatic heterocycles. The Bertz CT molecular complexity index is 445. The van der Waals surface area contributed by atoms with Crippen molar-refractivity contribution < 1.29 is 14.3 Å². The summed E-state index contributed by atoms with van der Waals surface area (Å²) in [6.45, 7) is 0. The first-order valence-electron chi connectivity index (χ1n) is 4.58. The van der Waals surface area contributed by atoms with E-state index in [1.54, 1.807) is 24.3 Å². The fraction of sp³-hybridized carbons (Fsp3) is 0.100. The molecular formula is C10H11N3O3S. The number of carbonyl (C=O) groups is 2. The lowest BCUT2D eigenvalue weighted by atomic mass is 10.2. The Balaban J connectivity index is 2.63. The van der Waals surface area contributed by atoms with E-state index in [1.807, 2.05) is 0 Å². The Morgan fingerprint density at radius 3 is 2.29 bits per heavy atom. The minimum absolute atomic E-state index is 0.140. The van der Waals surface area contributed by atoms with Crippen LogP contribution in [0.2, 0.25) is 0 Å². The van der Waals surface area contributed by atoms with Crippen molar-refractivity contribution in [2.45, 2.75) is 0 Å². The van der Waals surface area contributed by atoms with Gasteiger partial charge in [-0.05, 0) is 36.5 Å². The SMILES string of the molecule is COc1ccc(C(=O)NC(=S)NC(N)=O)cc1. The van der Waals surface area contributed by atoms with Crippen molar-refractivity contribution in [2.24, 2.45) is 5.73 Å². The molecule has 0 aliphatic carbocycles. The molecule has 0 saturated carbocycles. The average molecular weight is 253 g/mol. The molecule has 1 aromatic carbocycles. The van der Waals surface area contributed by atoms with Gasteiger partial charge in [-0.1, -0.05) is 0 Å².